The van der Waals surface area contributed by atoms with Crippen molar-refractivity contribution in [1.82, 2.24) is 29.4 Å². The molecule has 98 valence electrons. The summed E-state index contributed by atoms with van der Waals surface area (Å²) < 4.78 is 25.5. The van der Waals surface area contributed by atoms with Crippen molar-refractivity contribution < 1.29 is 8.42 Å². The molecule has 0 unspecified atom stereocenters. The van der Waals surface area contributed by atoms with Crippen molar-refractivity contribution in [3.05, 3.63) is 24.8 Å². The number of fused-ring (bicyclic) bond motifs is 1. The molecule has 0 spiro atoms. The second-order valence-electron chi connectivity index (χ2n) is 3.77. The summed E-state index contributed by atoms with van der Waals surface area (Å²) in [6, 6.07) is 0. The van der Waals surface area contributed by atoms with Crippen molar-refractivity contribution in [3.8, 4) is 11.4 Å². The SMILES string of the molecule is Cn1c(-c2cnn3ccncc23)nnc1S(=O)(=O)Cl. The first-order valence-electron chi connectivity index (χ1n) is 5.10. The van der Waals surface area contributed by atoms with E-state index in [1.54, 1.807) is 29.3 Å². The van der Waals surface area contributed by atoms with Crippen molar-refractivity contribution in [3.63, 3.8) is 0 Å². The average molecular weight is 299 g/mol. The third-order valence-electron chi connectivity index (χ3n) is 2.62. The first kappa shape index (κ1) is 12.1. The third-order valence-corrected chi connectivity index (χ3v) is 3.82. The summed E-state index contributed by atoms with van der Waals surface area (Å²) in [6.07, 6.45) is 6.43. The van der Waals surface area contributed by atoms with Crippen LogP contribution in [0.25, 0.3) is 16.9 Å². The molecular formula is C9H7ClN6O2S. The lowest BCUT2D eigenvalue weighted by Gasteiger charge is -2.00. The molecule has 0 amide bonds. The maximum absolute atomic E-state index is 11.3. The van der Waals surface area contributed by atoms with Gasteiger partial charge in [0.2, 0.25) is 0 Å². The van der Waals surface area contributed by atoms with E-state index >= 15 is 0 Å². The predicted octanol–water partition coefficient (Wildman–Crippen LogP) is 0.452. The Hall–Kier alpha value is -2.00. The maximum Gasteiger partial charge on any atom is 0.296 e. The van der Waals surface area contributed by atoms with Crippen LogP contribution >= 0.6 is 10.7 Å². The van der Waals surface area contributed by atoms with E-state index in [0.717, 1.165) is 0 Å². The minimum Gasteiger partial charge on any atom is -0.300 e. The smallest absolute Gasteiger partial charge is 0.296 e. The molecule has 10 heteroatoms. The van der Waals surface area contributed by atoms with Gasteiger partial charge in [0.1, 0.15) is 0 Å². The van der Waals surface area contributed by atoms with Gasteiger partial charge in [-0.1, -0.05) is 0 Å². The Labute approximate surface area is 112 Å². The molecule has 0 fully saturated rings. The Morgan fingerprint density at radius 2 is 2.05 bits per heavy atom. The molecule has 0 saturated heterocycles. The Morgan fingerprint density at radius 3 is 2.74 bits per heavy atom. The summed E-state index contributed by atoms with van der Waals surface area (Å²) in [5.41, 5.74) is 1.31. The molecule has 3 heterocycles. The minimum absolute atomic E-state index is 0.313. The molecule has 0 atom stereocenters. The standard InChI is InChI=1S/C9H7ClN6O2S/c1-15-8(13-14-9(15)19(10,17)18)6-4-12-16-3-2-11-5-7(6)16/h2-5H,1H3. The van der Waals surface area contributed by atoms with E-state index < -0.39 is 9.05 Å². The lowest BCUT2D eigenvalue weighted by atomic mass is 10.3. The topological polar surface area (TPSA) is 95.0 Å². The lowest BCUT2D eigenvalue weighted by molar-refractivity contribution is 0.593. The van der Waals surface area contributed by atoms with Crippen molar-refractivity contribution in [2.45, 2.75) is 5.16 Å². The van der Waals surface area contributed by atoms with Gasteiger partial charge in [-0.15, -0.1) is 10.2 Å². The highest BCUT2D eigenvalue weighted by Gasteiger charge is 2.22. The van der Waals surface area contributed by atoms with E-state index in [-0.39, 0.29) is 5.16 Å². The van der Waals surface area contributed by atoms with Gasteiger partial charge < -0.3 is 0 Å². The number of hydrogen-bond donors (Lipinski definition) is 0. The number of rotatable bonds is 2. The fourth-order valence-corrected chi connectivity index (χ4v) is 2.72. The van der Waals surface area contributed by atoms with E-state index in [4.69, 9.17) is 10.7 Å². The summed E-state index contributed by atoms with van der Waals surface area (Å²) >= 11 is 0. The van der Waals surface area contributed by atoms with Gasteiger partial charge in [0, 0.05) is 30.1 Å². The van der Waals surface area contributed by atoms with Gasteiger partial charge in [0.15, 0.2) is 5.82 Å². The van der Waals surface area contributed by atoms with E-state index in [9.17, 15) is 8.42 Å². The van der Waals surface area contributed by atoms with Crippen molar-refractivity contribution in [2.24, 2.45) is 7.05 Å². The third kappa shape index (κ3) is 1.87. The number of aromatic nitrogens is 6. The molecule has 0 N–H and O–H groups in total. The van der Waals surface area contributed by atoms with Crippen LogP contribution in [0.2, 0.25) is 0 Å². The zero-order valence-electron chi connectivity index (χ0n) is 9.60. The summed E-state index contributed by atoms with van der Waals surface area (Å²) in [5.74, 6) is 0.349. The summed E-state index contributed by atoms with van der Waals surface area (Å²) in [6.45, 7) is 0. The van der Waals surface area contributed by atoms with E-state index in [1.807, 2.05) is 0 Å². The van der Waals surface area contributed by atoms with Crippen LogP contribution < -0.4 is 0 Å². The Balaban J connectivity index is 2.26. The molecule has 19 heavy (non-hydrogen) atoms. The van der Waals surface area contributed by atoms with Crippen LogP contribution in [0.1, 0.15) is 0 Å². The predicted molar refractivity (Wildman–Crippen MR) is 66.0 cm³/mol. The molecular weight excluding hydrogens is 292 g/mol. The molecule has 0 radical (unpaired) electrons. The maximum atomic E-state index is 11.3. The van der Waals surface area contributed by atoms with Crippen LogP contribution in [0, 0.1) is 0 Å². The Bertz CT molecular complexity index is 868. The molecule has 8 nitrogen and oxygen atoms in total. The van der Waals surface area contributed by atoms with Crippen LogP contribution in [0.3, 0.4) is 0 Å². The fraction of sp³-hybridized carbons (Fsp3) is 0.111. The van der Waals surface area contributed by atoms with Crippen molar-refractivity contribution in [2.75, 3.05) is 0 Å². The van der Waals surface area contributed by atoms with Gasteiger partial charge in [-0.05, 0) is 0 Å². The van der Waals surface area contributed by atoms with Crippen LogP contribution in [0.5, 0.6) is 0 Å². The first-order valence-corrected chi connectivity index (χ1v) is 7.41. The van der Waals surface area contributed by atoms with E-state index in [1.165, 1.54) is 11.6 Å². The van der Waals surface area contributed by atoms with Crippen LogP contribution in [-0.4, -0.2) is 37.8 Å². The number of halogens is 1. The normalized spacial score (nSPS) is 12.1. The van der Waals surface area contributed by atoms with Crippen LogP contribution in [0.4, 0.5) is 0 Å². The number of hydrogen-bond acceptors (Lipinski definition) is 6. The summed E-state index contributed by atoms with van der Waals surface area (Å²) in [7, 11) is 2.85. The highest BCUT2D eigenvalue weighted by Crippen LogP contribution is 2.24. The monoisotopic (exact) mass is 298 g/mol. The molecule has 0 aliphatic heterocycles. The van der Waals surface area contributed by atoms with E-state index in [2.05, 4.69) is 20.3 Å². The summed E-state index contributed by atoms with van der Waals surface area (Å²) in [5, 5.41) is 11.2. The molecule has 3 rings (SSSR count). The summed E-state index contributed by atoms with van der Waals surface area (Å²) in [4.78, 5) is 3.99. The molecule has 0 saturated carbocycles. The Kier molecular flexibility index (Phi) is 2.54. The molecule has 0 aromatic carbocycles. The minimum atomic E-state index is -3.94. The molecule has 3 aromatic heterocycles. The van der Waals surface area contributed by atoms with Gasteiger partial charge in [0.25, 0.3) is 14.2 Å². The molecule has 0 bridgehead atoms. The van der Waals surface area contributed by atoms with Crippen LogP contribution in [0.15, 0.2) is 29.9 Å². The zero-order valence-corrected chi connectivity index (χ0v) is 11.2. The van der Waals surface area contributed by atoms with Crippen LogP contribution in [-0.2, 0) is 16.1 Å². The molecule has 3 aromatic rings. The van der Waals surface area contributed by atoms with Gasteiger partial charge >= 0.3 is 0 Å². The Morgan fingerprint density at radius 1 is 1.26 bits per heavy atom. The van der Waals surface area contributed by atoms with Gasteiger partial charge in [-0.2, -0.15) is 5.10 Å². The van der Waals surface area contributed by atoms with Gasteiger partial charge in [0.05, 0.1) is 23.5 Å². The molecule has 0 aliphatic carbocycles. The second kappa shape index (κ2) is 4.00. The van der Waals surface area contributed by atoms with Crippen molar-refractivity contribution in [1.29, 1.82) is 0 Å². The average Bonchev–Trinajstić information content (AvgIpc) is 2.91. The van der Waals surface area contributed by atoms with Crippen molar-refractivity contribution >= 4 is 25.2 Å². The van der Waals surface area contributed by atoms with Gasteiger partial charge in [-0.3, -0.25) is 9.55 Å². The molecule has 0 aliphatic rings. The zero-order chi connectivity index (χ0) is 13.6. The quantitative estimate of drug-likeness (QED) is 0.638. The fourth-order valence-electron chi connectivity index (χ4n) is 1.77. The highest BCUT2D eigenvalue weighted by atomic mass is 35.7. The lowest BCUT2D eigenvalue weighted by Crippen LogP contribution is -2.02. The van der Waals surface area contributed by atoms with Gasteiger partial charge in [-0.25, -0.2) is 12.9 Å². The van der Waals surface area contributed by atoms with E-state index in [0.29, 0.717) is 16.9 Å². The first-order chi connectivity index (χ1) is 8.98. The highest BCUT2D eigenvalue weighted by molar-refractivity contribution is 8.13. The second-order valence-corrected chi connectivity index (χ2v) is 6.23. The largest absolute Gasteiger partial charge is 0.300 e. The number of nitrogens with zero attached hydrogens (tertiary/aromatic N) is 6.